The SMILES string of the molecule is CCN1CCc2c(c(CNC)nn2-c2cccc(F)c2)C1. The van der Waals surface area contributed by atoms with Crippen molar-refractivity contribution in [3.63, 3.8) is 0 Å². The van der Waals surface area contributed by atoms with Crippen molar-refractivity contribution in [1.82, 2.24) is 20.0 Å². The molecule has 4 nitrogen and oxygen atoms in total. The van der Waals surface area contributed by atoms with Gasteiger partial charge in [0.2, 0.25) is 0 Å². The smallest absolute Gasteiger partial charge is 0.125 e. The molecule has 0 fully saturated rings. The lowest BCUT2D eigenvalue weighted by atomic mass is 10.0. The van der Waals surface area contributed by atoms with E-state index in [-0.39, 0.29) is 5.82 Å². The van der Waals surface area contributed by atoms with Crippen molar-refractivity contribution < 1.29 is 4.39 Å². The maximum Gasteiger partial charge on any atom is 0.125 e. The van der Waals surface area contributed by atoms with Gasteiger partial charge in [0.1, 0.15) is 5.82 Å². The van der Waals surface area contributed by atoms with E-state index in [1.165, 1.54) is 17.3 Å². The molecule has 1 aliphatic rings. The van der Waals surface area contributed by atoms with E-state index in [0.717, 1.165) is 44.0 Å². The van der Waals surface area contributed by atoms with Crippen LogP contribution in [-0.4, -0.2) is 34.8 Å². The molecule has 0 unspecified atom stereocenters. The van der Waals surface area contributed by atoms with Crippen LogP contribution in [0.4, 0.5) is 4.39 Å². The first kappa shape index (κ1) is 14.2. The highest BCUT2D eigenvalue weighted by Crippen LogP contribution is 2.25. The maximum absolute atomic E-state index is 13.5. The molecule has 1 aliphatic heterocycles. The number of benzene rings is 1. The van der Waals surface area contributed by atoms with Crippen LogP contribution in [0.1, 0.15) is 23.9 Å². The quantitative estimate of drug-likeness (QED) is 0.935. The number of fused-ring (bicyclic) bond motifs is 1. The second-order valence-corrected chi connectivity index (χ2v) is 5.41. The van der Waals surface area contributed by atoms with E-state index in [1.807, 2.05) is 17.8 Å². The normalized spacial score (nSPS) is 15.2. The average molecular weight is 288 g/mol. The Morgan fingerprint density at radius 3 is 2.95 bits per heavy atom. The molecule has 0 radical (unpaired) electrons. The summed E-state index contributed by atoms with van der Waals surface area (Å²) in [5.74, 6) is -0.224. The molecule has 0 bridgehead atoms. The van der Waals surface area contributed by atoms with Gasteiger partial charge in [-0.15, -0.1) is 0 Å². The molecule has 0 saturated carbocycles. The first-order valence-electron chi connectivity index (χ1n) is 7.45. The van der Waals surface area contributed by atoms with Gasteiger partial charge < -0.3 is 5.32 Å². The summed E-state index contributed by atoms with van der Waals surface area (Å²) in [5.41, 5.74) is 4.38. The summed E-state index contributed by atoms with van der Waals surface area (Å²) in [6, 6.07) is 6.65. The topological polar surface area (TPSA) is 33.1 Å². The van der Waals surface area contributed by atoms with Crippen molar-refractivity contribution in [2.75, 3.05) is 20.1 Å². The van der Waals surface area contributed by atoms with E-state index < -0.39 is 0 Å². The third-order valence-electron chi connectivity index (χ3n) is 4.06. The molecule has 0 aliphatic carbocycles. The van der Waals surface area contributed by atoms with E-state index in [9.17, 15) is 4.39 Å². The molecule has 21 heavy (non-hydrogen) atoms. The Balaban J connectivity index is 2.06. The summed E-state index contributed by atoms with van der Waals surface area (Å²) in [7, 11) is 1.92. The summed E-state index contributed by atoms with van der Waals surface area (Å²) in [6.07, 6.45) is 0.955. The van der Waals surface area contributed by atoms with Crippen LogP contribution in [0.15, 0.2) is 24.3 Å². The Kier molecular flexibility index (Phi) is 4.03. The van der Waals surface area contributed by atoms with Crippen LogP contribution in [0.2, 0.25) is 0 Å². The molecule has 0 saturated heterocycles. The minimum atomic E-state index is -0.224. The Morgan fingerprint density at radius 2 is 2.24 bits per heavy atom. The predicted molar refractivity (Wildman–Crippen MR) is 80.9 cm³/mol. The maximum atomic E-state index is 13.5. The number of hydrogen-bond acceptors (Lipinski definition) is 3. The highest BCUT2D eigenvalue weighted by molar-refractivity contribution is 5.39. The largest absolute Gasteiger partial charge is 0.314 e. The van der Waals surface area contributed by atoms with Crippen molar-refractivity contribution in [2.45, 2.75) is 26.4 Å². The van der Waals surface area contributed by atoms with Crippen molar-refractivity contribution in [2.24, 2.45) is 0 Å². The number of hydrogen-bond donors (Lipinski definition) is 1. The lowest BCUT2D eigenvalue weighted by molar-refractivity contribution is 0.265. The van der Waals surface area contributed by atoms with Crippen molar-refractivity contribution >= 4 is 0 Å². The van der Waals surface area contributed by atoms with Crippen LogP contribution in [0, 0.1) is 5.82 Å². The van der Waals surface area contributed by atoms with Crippen molar-refractivity contribution in [1.29, 1.82) is 0 Å². The molecule has 0 spiro atoms. The second kappa shape index (κ2) is 5.95. The average Bonchev–Trinajstić information content (AvgIpc) is 2.86. The number of rotatable bonds is 4. The highest BCUT2D eigenvalue weighted by atomic mass is 19.1. The summed E-state index contributed by atoms with van der Waals surface area (Å²) in [4.78, 5) is 2.42. The Morgan fingerprint density at radius 1 is 1.38 bits per heavy atom. The fourth-order valence-electron chi connectivity index (χ4n) is 2.94. The zero-order valence-corrected chi connectivity index (χ0v) is 12.6. The molecular weight excluding hydrogens is 267 g/mol. The van der Waals surface area contributed by atoms with Crippen LogP contribution in [0.3, 0.4) is 0 Å². The molecule has 0 amide bonds. The number of halogens is 1. The minimum Gasteiger partial charge on any atom is -0.314 e. The summed E-state index contributed by atoms with van der Waals surface area (Å²) >= 11 is 0. The molecule has 2 aromatic rings. The van der Waals surface area contributed by atoms with Gasteiger partial charge in [-0.3, -0.25) is 4.90 Å². The van der Waals surface area contributed by atoms with Crippen LogP contribution in [-0.2, 0) is 19.5 Å². The third-order valence-corrected chi connectivity index (χ3v) is 4.06. The summed E-state index contributed by atoms with van der Waals surface area (Å²) in [5, 5.41) is 7.90. The number of nitrogens with one attached hydrogen (secondary N) is 1. The lowest BCUT2D eigenvalue weighted by Crippen LogP contribution is -2.31. The van der Waals surface area contributed by atoms with E-state index in [1.54, 1.807) is 12.1 Å². The van der Waals surface area contributed by atoms with Gasteiger partial charge >= 0.3 is 0 Å². The molecular formula is C16H21FN4. The van der Waals surface area contributed by atoms with E-state index in [0.29, 0.717) is 0 Å². The molecule has 5 heteroatoms. The number of aromatic nitrogens is 2. The predicted octanol–water partition coefficient (Wildman–Crippen LogP) is 2.11. The van der Waals surface area contributed by atoms with Gasteiger partial charge in [-0.2, -0.15) is 5.10 Å². The van der Waals surface area contributed by atoms with Crippen molar-refractivity contribution in [3.05, 3.63) is 47.0 Å². The van der Waals surface area contributed by atoms with Crippen LogP contribution >= 0.6 is 0 Å². The van der Waals surface area contributed by atoms with Gasteiger partial charge in [0, 0.05) is 31.6 Å². The fraction of sp³-hybridized carbons (Fsp3) is 0.438. The van der Waals surface area contributed by atoms with E-state index >= 15 is 0 Å². The Labute approximate surface area is 124 Å². The fourth-order valence-corrected chi connectivity index (χ4v) is 2.94. The number of likely N-dealkylation sites (N-methyl/N-ethyl adjacent to an activating group) is 1. The zero-order valence-electron chi connectivity index (χ0n) is 12.6. The van der Waals surface area contributed by atoms with E-state index in [2.05, 4.69) is 17.1 Å². The van der Waals surface area contributed by atoms with Crippen LogP contribution < -0.4 is 5.32 Å². The number of nitrogens with zero attached hydrogens (tertiary/aromatic N) is 3. The third kappa shape index (κ3) is 2.71. The Hall–Kier alpha value is -1.72. The highest BCUT2D eigenvalue weighted by Gasteiger charge is 2.24. The van der Waals surface area contributed by atoms with Gasteiger partial charge in [-0.1, -0.05) is 13.0 Å². The minimum absolute atomic E-state index is 0.224. The first-order chi connectivity index (χ1) is 10.2. The molecule has 1 aromatic heterocycles. The summed E-state index contributed by atoms with van der Waals surface area (Å²) < 4.78 is 15.4. The summed E-state index contributed by atoms with van der Waals surface area (Å²) in [6.45, 7) is 5.92. The van der Waals surface area contributed by atoms with Gasteiger partial charge in [-0.05, 0) is 31.8 Å². The molecule has 112 valence electrons. The van der Waals surface area contributed by atoms with Crippen LogP contribution in [0.5, 0.6) is 0 Å². The van der Waals surface area contributed by atoms with E-state index in [4.69, 9.17) is 5.10 Å². The molecule has 1 N–H and O–H groups in total. The molecule has 0 atom stereocenters. The molecule has 1 aromatic carbocycles. The van der Waals surface area contributed by atoms with Gasteiger partial charge in [0.05, 0.1) is 17.1 Å². The zero-order chi connectivity index (χ0) is 14.8. The first-order valence-corrected chi connectivity index (χ1v) is 7.45. The van der Waals surface area contributed by atoms with Gasteiger partial charge in [0.25, 0.3) is 0 Å². The van der Waals surface area contributed by atoms with Gasteiger partial charge in [-0.25, -0.2) is 9.07 Å². The Bertz CT molecular complexity index is 635. The molecule has 2 heterocycles. The standard InChI is InChI=1S/C16H21FN4/c1-3-20-8-7-16-14(11-20)15(10-18-2)19-21(16)13-6-4-5-12(17)9-13/h4-6,9,18H,3,7-8,10-11H2,1-2H3. The lowest BCUT2D eigenvalue weighted by Gasteiger charge is -2.26. The van der Waals surface area contributed by atoms with Gasteiger partial charge in [0.15, 0.2) is 0 Å². The second-order valence-electron chi connectivity index (χ2n) is 5.41. The van der Waals surface area contributed by atoms with Crippen molar-refractivity contribution in [3.8, 4) is 5.69 Å². The molecule has 3 rings (SSSR count). The van der Waals surface area contributed by atoms with Crippen LogP contribution in [0.25, 0.3) is 5.69 Å². The monoisotopic (exact) mass is 288 g/mol.